The number of aromatic nitrogens is 1. The summed E-state index contributed by atoms with van der Waals surface area (Å²) in [5.41, 5.74) is 10.7. The highest BCUT2D eigenvalue weighted by atomic mass is 16.5. The third-order valence-corrected chi connectivity index (χ3v) is 2.99. The van der Waals surface area contributed by atoms with E-state index in [9.17, 15) is 0 Å². The largest absolute Gasteiger partial charge is 0.383 e. The molecule has 0 aromatic carbocycles. The number of ether oxygens (including phenoxy) is 1. The van der Waals surface area contributed by atoms with Gasteiger partial charge in [-0.3, -0.25) is 11.3 Å². The molecule has 0 aliphatic rings. The molecule has 0 saturated carbocycles. The lowest BCUT2D eigenvalue weighted by molar-refractivity contribution is 0.0326. The Labute approximate surface area is 103 Å². The Kier molecular flexibility index (Phi) is 4.86. The lowest BCUT2D eigenvalue weighted by atomic mass is 9.92. The molecule has 0 aliphatic carbocycles. The van der Waals surface area contributed by atoms with Gasteiger partial charge in [0.2, 0.25) is 0 Å². The monoisotopic (exact) mass is 238 g/mol. The van der Waals surface area contributed by atoms with Gasteiger partial charge >= 0.3 is 0 Å². The molecule has 17 heavy (non-hydrogen) atoms. The number of hydrogen-bond donors (Lipinski definition) is 3. The first-order valence-corrected chi connectivity index (χ1v) is 5.72. The third kappa shape index (κ3) is 2.94. The minimum Gasteiger partial charge on any atom is -0.383 e. The van der Waals surface area contributed by atoms with E-state index < -0.39 is 0 Å². The standard InChI is InChI=1S/C12H22N4O/c1-7(2)11(17-4)10(16-14)9-8(3)5-6-15-12(9)13/h5-7,10-11,16H,14H2,1-4H3,(H2,13,15). The smallest absolute Gasteiger partial charge is 0.128 e. The molecule has 1 aromatic rings. The van der Waals surface area contributed by atoms with E-state index in [0.717, 1.165) is 11.1 Å². The highest BCUT2D eigenvalue weighted by Crippen LogP contribution is 2.29. The third-order valence-electron chi connectivity index (χ3n) is 2.99. The highest BCUT2D eigenvalue weighted by Gasteiger charge is 2.28. The first-order chi connectivity index (χ1) is 8.02. The van der Waals surface area contributed by atoms with Gasteiger partial charge in [-0.1, -0.05) is 13.8 Å². The number of hydrazine groups is 1. The number of rotatable bonds is 5. The Morgan fingerprint density at radius 2 is 2.06 bits per heavy atom. The van der Waals surface area contributed by atoms with E-state index in [1.54, 1.807) is 13.3 Å². The molecule has 5 N–H and O–H groups in total. The van der Waals surface area contributed by atoms with E-state index in [0.29, 0.717) is 11.7 Å². The van der Waals surface area contributed by atoms with Crippen LogP contribution in [-0.4, -0.2) is 18.2 Å². The molecule has 1 heterocycles. The van der Waals surface area contributed by atoms with Crippen LogP contribution in [0.15, 0.2) is 12.3 Å². The SMILES string of the molecule is COC(C(C)C)C(NN)c1c(C)ccnc1N. The Balaban J connectivity index is 3.17. The highest BCUT2D eigenvalue weighted by molar-refractivity contribution is 5.46. The van der Waals surface area contributed by atoms with Crippen molar-refractivity contribution in [1.82, 2.24) is 10.4 Å². The second kappa shape index (κ2) is 5.95. The van der Waals surface area contributed by atoms with E-state index in [-0.39, 0.29) is 12.1 Å². The summed E-state index contributed by atoms with van der Waals surface area (Å²) in [4.78, 5) is 4.11. The molecule has 0 aliphatic heterocycles. The first-order valence-electron chi connectivity index (χ1n) is 5.72. The summed E-state index contributed by atoms with van der Waals surface area (Å²) in [5, 5.41) is 0. The number of methoxy groups -OCH3 is 1. The minimum absolute atomic E-state index is 0.0507. The second-order valence-corrected chi connectivity index (χ2v) is 4.52. The molecule has 0 saturated heterocycles. The van der Waals surface area contributed by atoms with E-state index in [1.165, 1.54) is 0 Å². The summed E-state index contributed by atoms with van der Waals surface area (Å²) in [6.07, 6.45) is 1.64. The first kappa shape index (κ1) is 13.9. The molecule has 96 valence electrons. The molecular formula is C12H22N4O. The molecule has 0 bridgehead atoms. The maximum absolute atomic E-state index is 5.93. The number of aryl methyl sites for hydroxylation is 1. The lowest BCUT2D eigenvalue weighted by Gasteiger charge is -2.30. The molecule has 0 radical (unpaired) electrons. The molecule has 1 aromatic heterocycles. The summed E-state index contributed by atoms with van der Waals surface area (Å²) in [6, 6.07) is 1.76. The van der Waals surface area contributed by atoms with Gasteiger partial charge in [0.25, 0.3) is 0 Å². The summed E-state index contributed by atoms with van der Waals surface area (Å²) >= 11 is 0. The maximum atomic E-state index is 5.93. The van der Waals surface area contributed by atoms with Crippen molar-refractivity contribution in [3.63, 3.8) is 0 Å². The molecular weight excluding hydrogens is 216 g/mol. The molecule has 0 amide bonds. The van der Waals surface area contributed by atoms with Gasteiger partial charge in [0.05, 0.1) is 12.1 Å². The zero-order valence-corrected chi connectivity index (χ0v) is 10.9. The Bertz CT molecular complexity index is 347. The Hall–Kier alpha value is -1.17. The van der Waals surface area contributed by atoms with Gasteiger partial charge in [0.15, 0.2) is 0 Å². The number of hydrogen-bond acceptors (Lipinski definition) is 5. The minimum atomic E-state index is -0.159. The van der Waals surface area contributed by atoms with Crippen LogP contribution in [0.5, 0.6) is 0 Å². The summed E-state index contributed by atoms with van der Waals surface area (Å²) < 4.78 is 5.50. The zero-order chi connectivity index (χ0) is 13.0. The Morgan fingerprint density at radius 1 is 1.41 bits per heavy atom. The molecule has 0 spiro atoms. The van der Waals surface area contributed by atoms with Crippen molar-refractivity contribution in [2.24, 2.45) is 11.8 Å². The van der Waals surface area contributed by atoms with Crippen LogP contribution in [0.25, 0.3) is 0 Å². The van der Waals surface area contributed by atoms with Crippen LogP contribution in [0, 0.1) is 12.8 Å². The van der Waals surface area contributed by atoms with E-state index in [1.807, 2.05) is 13.0 Å². The number of pyridine rings is 1. The van der Waals surface area contributed by atoms with Gasteiger partial charge in [0, 0.05) is 18.9 Å². The van der Waals surface area contributed by atoms with Crippen molar-refractivity contribution >= 4 is 5.82 Å². The lowest BCUT2D eigenvalue weighted by Crippen LogP contribution is -2.41. The van der Waals surface area contributed by atoms with Crippen molar-refractivity contribution in [3.05, 3.63) is 23.4 Å². The van der Waals surface area contributed by atoms with Gasteiger partial charge in [-0.25, -0.2) is 4.98 Å². The van der Waals surface area contributed by atoms with Gasteiger partial charge in [0.1, 0.15) is 5.82 Å². The molecule has 2 atom stereocenters. The maximum Gasteiger partial charge on any atom is 0.128 e. The van der Waals surface area contributed by atoms with E-state index in [4.69, 9.17) is 16.3 Å². The van der Waals surface area contributed by atoms with Crippen LogP contribution in [-0.2, 0) is 4.74 Å². The number of nitrogens with one attached hydrogen (secondary N) is 1. The van der Waals surface area contributed by atoms with Gasteiger partial charge < -0.3 is 10.5 Å². The topological polar surface area (TPSA) is 86.2 Å². The van der Waals surface area contributed by atoms with Crippen molar-refractivity contribution in [2.45, 2.75) is 32.9 Å². The van der Waals surface area contributed by atoms with Crippen LogP contribution in [0.1, 0.15) is 31.0 Å². The predicted molar refractivity (Wildman–Crippen MR) is 69.1 cm³/mol. The summed E-state index contributed by atoms with van der Waals surface area (Å²) in [7, 11) is 1.68. The number of nitrogens with two attached hydrogens (primary N) is 2. The van der Waals surface area contributed by atoms with Crippen LogP contribution in [0.3, 0.4) is 0 Å². The fraction of sp³-hybridized carbons (Fsp3) is 0.583. The number of nitrogen functional groups attached to an aromatic ring is 1. The number of nitrogens with zero attached hydrogens (tertiary/aromatic N) is 1. The van der Waals surface area contributed by atoms with Crippen molar-refractivity contribution in [1.29, 1.82) is 0 Å². The molecule has 5 heteroatoms. The quantitative estimate of drug-likeness (QED) is 0.529. The average molecular weight is 238 g/mol. The van der Waals surface area contributed by atoms with Crippen molar-refractivity contribution in [2.75, 3.05) is 12.8 Å². The van der Waals surface area contributed by atoms with Crippen LogP contribution >= 0.6 is 0 Å². The van der Waals surface area contributed by atoms with Gasteiger partial charge in [-0.05, 0) is 24.5 Å². The molecule has 5 nitrogen and oxygen atoms in total. The van der Waals surface area contributed by atoms with Crippen LogP contribution in [0.4, 0.5) is 5.82 Å². The van der Waals surface area contributed by atoms with Crippen LogP contribution in [0.2, 0.25) is 0 Å². The van der Waals surface area contributed by atoms with Gasteiger partial charge in [-0.2, -0.15) is 0 Å². The van der Waals surface area contributed by atoms with E-state index in [2.05, 4.69) is 24.3 Å². The van der Waals surface area contributed by atoms with E-state index >= 15 is 0 Å². The fourth-order valence-electron chi connectivity index (χ4n) is 2.13. The second-order valence-electron chi connectivity index (χ2n) is 4.52. The molecule has 1 rings (SSSR count). The molecule has 2 unspecified atom stereocenters. The van der Waals surface area contributed by atoms with Gasteiger partial charge in [-0.15, -0.1) is 0 Å². The number of anilines is 1. The fourth-order valence-corrected chi connectivity index (χ4v) is 2.13. The zero-order valence-electron chi connectivity index (χ0n) is 10.9. The average Bonchev–Trinajstić information content (AvgIpc) is 2.27. The Morgan fingerprint density at radius 3 is 2.47 bits per heavy atom. The van der Waals surface area contributed by atoms with Crippen molar-refractivity contribution < 1.29 is 4.74 Å². The molecule has 0 fully saturated rings. The predicted octanol–water partition coefficient (Wildman–Crippen LogP) is 1.15. The van der Waals surface area contributed by atoms with Crippen molar-refractivity contribution in [3.8, 4) is 0 Å². The summed E-state index contributed by atoms with van der Waals surface area (Å²) in [6.45, 7) is 6.16. The normalized spacial score (nSPS) is 14.9. The summed E-state index contributed by atoms with van der Waals surface area (Å²) in [5.74, 6) is 6.46. The van der Waals surface area contributed by atoms with Crippen LogP contribution < -0.4 is 17.0 Å².